The average Bonchev–Trinajstić information content (AvgIpc) is 2.36. The Morgan fingerprint density at radius 3 is 2.35 bits per heavy atom. The zero-order chi connectivity index (χ0) is 15.3. The largest absolute Gasteiger partial charge is 0.409 e. The Kier molecular flexibility index (Phi) is 5.55. The van der Waals surface area contributed by atoms with Crippen LogP contribution >= 0.6 is 0 Å². The number of nitrogens with two attached hydrogens (primary N) is 1. The van der Waals surface area contributed by atoms with Crippen molar-refractivity contribution in [2.75, 3.05) is 0 Å². The van der Waals surface area contributed by atoms with Crippen LogP contribution in [0.15, 0.2) is 17.3 Å². The van der Waals surface area contributed by atoms with Crippen molar-refractivity contribution < 1.29 is 10.0 Å². The Labute approximate surface area is 119 Å². The second-order valence-electron chi connectivity index (χ2n) is 5.11. The van der Waals surface area contributed by atoms with Crippen LogP contribution in [0.4, 0.5) is 0 Å². The van der Waals surface area contributed by atoms with Gasteiger partial charge in [0.2, 0.25) is 0 Å². The molecule has 20 heavy (non-hydrogen) atoms. The van der Waals surface area contributed by atoms with E-state index in [1.807, 2.05) is 39.8 Å². The van der Waals surface area contributed by atoms with Crippen molar-refractivity contribution in [2.45, 2.75) is 46.6 Å². The highest BCUT2D eigenvalue weighted by molar-refractivity contribution is 6.00. The SMILES string of the molecule is CCCC(NC(=O)c1c(C)cc(C)cc1C)/C(N)=N/O. The predicted octanol–water partition coefficient (Wildman–Crippen LogP) is 2.26. The molecule has 0 aromatic heterocycles. The number of amidine groups is 1. The van der Waals surface area contributed by atoms with Gasteiger partial charge in [0, 0.05) is 5.56 Å². The molecule has 1 aromatic carbocycles. The standard InChI is InChI=1S/C15H23N3O2/c1-5-6-12(14(16)18-20)17-15(19)13-10(3)7-9(2)8-11(13)4/h7-8,12,20H,5-6H2,1-4H3,(H2,16,18)(H,17,19). The first-order valence-corrected chi connectivity index (χ1v) is 6.76. The zero-order valence-corrected chi connectivity index (χ0v) is 12.5. The van der Waals surface area contributed by atoms with Gasteiger partial charge in [-0.3, -0.25) is 4.79 Å². The van der Waals surface area contributed by atoms with Crippen LogP contribution in [-0.4, -0.2) is 23.0 Å². The van der Waals surface area contributed by atoms with Crippen molar-refractivity contribution in [3.8, 4) is 0 Å². The lowest BCUT2D eigenvalue weighted by atomic mass is 9.98. The Morgan fingerprint density at radius 1 is 1.35 bits per heavy atom. The molecule has 0 saturated carbocycles. The minimum Gasteiger partial charge on any atom is -0.409 e. The van der Waals surface area contributed by atoms with Crippen LogP contribution in [0.3, 0.4) is 0 Å². The number of carbonyl (C=O) groups excluding carboxylic acids is 1. The van der Waals surface area contributed by atoms with Gasteiger partial charge in [0.15, 0.2) is 5.84 Å². The Bertz CT molecular complexity index is 501. The highest BCUT2D eigenvalue weighted by Crippen LogP contribution is 2.16. The van der Waals surface area contributed by atoms with Crippen molar-refractivity contribution in [3.05, 3.63) is 34.4 Å². The molecule has 4 N–H and O–H groups in total. The second kappa shape index (κ2) is 6.93. The molecule has 0 aliphatic rings. The van der Waals surface area contributed by atoms with Gasteiger partial charge in [-0.15, -0.1) is 0 Å². The van der Waals surface area contributed by atoms with Crippen molar-refractivity contribution >= 4 is 11.7 Å². The fraction of sp³-hybridized carbons (Fsp3) is 0.467. The number of nitrogens with zero attached hydrogens (tertiary/aromatic N) is 1. The van der Waals surface area contributed by atoms with Crippen LogP contribution in [-0.2, 0) is 0 Å². The topological polar surface area (TPSA) is 87.7 Å². The minimum absolute atomic E-state index is 0.0302. The van der Waals surface area contributed by atoms with Gasteiger partial charge in [-0.05, 0) is 38.3 Å². The summed E-state index contributed by atoms with van der Waals surface area (Å²) in [5.74, 6) is -0.160. The Balaban J connectivity index is 3.01. The lowest BCUT2D eigenvalue weighted by Gasteiger charge is -2.18. The molecule has 0 aliphatic carbocycles. The third-order valence-corrected chi connectivity index (χ3v) is 3.26. The zero-order valence-electron chi connectivity index (χ0n) is 12.5. The monoisotopic (exact) mass is 277 g/mol. The van der Waals surface area contributed by atoms with Gasteiger partial charge in [0.1, 0.15) is 0 Å². The molecule has 0 radical (unpaired) electrons. The first-order chi connectivity index (χ1) is 9.40. The third-order valence-electron chi connectivity index (χ3n) is 3.26. The highest BCUT2D eigenvalue weighted by Gasteiger charge is 2.19. The number of aryl methyl sites for hydroxylation is 3. The van der Waals surface area contributed by atoms with E-state index in [4.69, 9.17) is 10.9 Å². The molecule has 0 fully saturated rings. The summed E-state index contributed by atoms with van der Waals surface area (Å²) < 4.78 is 0. The number of amides is 1. The van der Waals surface area contributed by atoms with Crippen LogP contribution in [0, 0.1) is 20.8 Å². The molecule has 0 aliphatic heterocycles. The van der Waals surface area contributed by atoms with Crippen LogP contribution in [0.1, 0.15) is 46.8 Å². The van der Waals surface area contributed by atoms with Crippen LogP contribution in [0.25, 0.3) is 0 Å². The Morgan fingerprint density at radius 2 is 1.90 bits per heavy atom. The van der Waals surface area contributed by atoms with Gasteiger partial charge in [0.25, 0.3) is 5.91 Å². The fourth-order valence-electron chi connectivity index (χ4n) is 2.42. The fourth-order valence-corrected chi connectivity index (χ4v) is 2.42. The van der Waals surface area contributed by atoms with Crippen molar-refractivity contribution in [3.63, 3.8) is 0 Å². The lowest BCUT2D eigenvalue weighted by molar-refractivity contribution is 0.0943. The van der Waals surface area contributed by atoms with E-state index < -0.39 is 6.04 Å². The summed E-state index contributed by atoms with van der Waals surface area (Å²) in [6.07, 6.45) is 1.46. The maximum atomic E-state index is 12.4. The molecular weight excluding hydrogens is 254 g/mol. The molecule has 0 spiro atoms. The number of oxime groups is 1. The number of benzene rings is 1. The summed E-state index contributed by atoms with van der Waals surface area (Å²) in [5, 5.41) is 14.6. The molecular formula is C15H23N3O2. The summed E-state index contributed by atoms with van der Waals surface area (Å²) in [5.41, 5.74) is 9.24. The molecule has 110 valence electrons. The van der Waals surface area contributed by atoms with E-state index >= 15 is 0 Å². The van der Waals surface area contributed by atoms with Crippen molar-refractivity contribution in [2.24, 2.45) is 10.9 Å². The Hall–Kier alpha value is -2.04. The molecule has 1 amide bonds. The number of hydrogen-bond donors (Lipinski definition) is 3. The summed E-state index contributed by atoms with van der Waals surface area (Å²) in [6.45, 7) is 7.80. The average molecular weight is 277 g/mol. The van der Waals surface area contributed by atoms with Crippen molar-refractivity contribution in [1.29, 1.82) is 0 Å². The van der Waals surface area contributed by atoms with Gasteiger partial charge in [0.05, 0.1) is 6.04 Å². The maximum absolute atomic E-state index is 12.4. The van der Waals surface area contributed by atoms with E-state index in [1.165, 1.54) is 0 Å². The van der Waals surface area contributed by atoms with Crippen LogP contribution < -0.4 is 11.1 Å². The van der Waals surface area contributed by atoms with E-state index in [2.05, 4.69) is 10.5 Å². The van der Waals surface area contributed by atoms with Crippen LogP contribution in [0.2, 0.25) is 0 Å². The first-order valence-electron chi connectivity index (χ1n) is 6.76. The molecule has 1 atom stereocenters. The minimum atomic E-state index is -0.447. The summed E-state index contributed by atoms with van der Waals surface area (Å²) in [6, 6.07) is 3.50. The summed E-state index contributed by atoms with van der Waals surface area (Å²) >= 11 is 0. The molecule has 1 unspecified atom stereocenters. The van der Waals surface area contributed by atoms with Gasteiger partial charge in [-0.25, -0.2) is 0 Å². The molecule has 1 aromatic rings. The van der Waals surface area contributed by atoms with Gasteiger partial charge >= 0.3 is 0 Å². The lowest BCUT2D eigenvalue weighted by Crippen LogP contribution is -2.44. The number of nitrogens with one attached hydrogen (secondary N) is 1. The normalized spacial score (nSPS) is 13.1. The number of hydrogen-bond acceptors (Lipinski definition) is 3. The highest BCUT2D eigenvalue weighted by atomic mass is 16.4. The smallest absolute Gasteiger partial charge is 0.252 e. The van der Waals surface area contributed by atoms with E-state index in [0.717, 1.165) is 23.1 Å². The third kappa shape index (κ3) is 3.73. The second-order valence-corrected chi connectivity index (χ2v) is 5.11. The van der Waals surface area contributed by atoms with E-state index in [9.17, 15) is 4.79 Å². The molecule has 0 saturated heterocycles. The van der Waals surface area contributed by atoms with Gasteiger partial charge < -0.3 is 16.3 Å². The van der Waals surface area contributed by atoms with E-state index in [1.54, 1.807) is 0 Å². The van der Waals surface area contributed by atoms with Gasteiger partial charge in [-0.2, -0.15) is 0 Å². The molecule has 0 heterocycles. The van der Waals surface area contributed by atoms with E-state index in [-0.39, 0.29) is 11.7 Å². The maximum Gasteiger partial charge on any atom is 0.252 e. The number of rotatable bonds is 5. The van der Waals surface area contributed by atoms with E-state index in [0.29, 0.717) is 12.0 Å². The first kappa shape index (κ1) is 16.0. The van der Waals surface area contributed by atoms with Crippen molar-refractivity contribution in [1.82, 2.24) is 5.32 Å². The molecule has 1 rings (SSSR count). The summed E-state index contributed by atoms with van der Waals surface area (Å²) in [4.78, 5) is 12.4. The summed E-state index contributed by atoms with van der Waals surface area (Å²) in [7, 11) is 0. The quantitative estimate of drug-likeness (QED) is 0.334. The molecule has 5 heteroatoms. The molecule has 5 nitrogen and oxygen atoms in total. The van der Waals surface area contributed by atoms with Crippen LogP contribution in [0.5, 0.6) is 0 Å². The van der Waals surface area contributed by atoms with Gasteiger partial charge in [-0.1, -0.05) is 36.2 Å². The predicted molar refractivity (Wildman–Crippen MR) is 80.2 cm³/mol. The number of carbonyl (C=O) groups is 1. The molecule has 0 bridgehead atoms.